The monoisotopic (exact) mass is 266 g/mol. The van der Waals surface area contributed by atoms with E-state index in [2.05, 4.69) is 25.3 Å². The Balaban J connectivity index is 3.04. The van der Waals surface area contributed by atoms with Crippen LogP contribution >= 0.6 is 0 Å². The topological polar surface area (TPSA) is 76.1 Å². The fraction of sp³-hybridized carbons (Fsp3) is 0.615. The minimum atomic E-state index is -0.461. The van der Waals surface area contributed by atoms with Gasteiger partial charge in [0.05, 0.1) is 7.11 Å². The summed E-state index contributed by atoms with van der Waals surface area (Å²) in [4.78, 5) is 20.3. The number of carbonyl (C=O) groups excluding carboxylic acids is 1. The zero-order chi connectivity index (χ0) is 14.6. The Hall–Kier alpha value is -1.85. The Morgan fingerprint density at radius 3 is 2.37 bits per heavy atom. The van der Waals surface area contributed by atoms with Gasteiger partial charge in [0.25, 0.3) is 0 Å². The summed E-state index contributed by atoms with van der Waals surface area (Å²) in [6.45, 7) is 7.84. The highest BCUT2D eigenvalue weighted by Crippen LogP contribution is 2.22. The van der Waals surface area contributed by atoms with Gasteiger partial charge in [0, 0.05) is 18.5 Å². The van der Waals surface area contributed by atoms with Crippen LogP contribution in [0, 0.1) is 0 Å². The van der Waals surface area contributed by atoms with Crippen molar-refractivity contribution >= 4 is 17.6 Å². The molecule has 0 aliphatic carbocycles. The summed E-state index contributed by atoms with van der Waals surface area (Å²) in [5, 5.41) is 6.00. The van der Waals surface area contributed by atoms with Crippen molar-refractivity contribution in [3.63, 3.8) is 0 Å². The third-order valence-corrected chi connectivity index (χ3v) is 2.57. The second-order valence-electron chi connectivity index (χ2n) is 5.35. The van der Waals surface area contributed by atoms with E-state index in [4.69, 9.17) is 0 Å². The number of nitrogens with zero attached hydrogens (tertiary/aromatic N) is 2. The smallest absolute Gasteiger partial charge is 0.328 e. The Morgan fingerprint density at radius 2 is 1.89 bits per heavy atom. The number of hydrogen-bond acceptors (Lipinski definition) is 6. The van der Waals surface area contributed by atoms with Gasteiger partial charge in [0.2, 0.25) is 0 Å². The van der Waals surface area contributed by atoms with Crippen LogP contribution in [-0.2, 0) is 14.9 Å². The van der Waals surface area contributed by atoms with Crippen molar-refractivity contribution in [2.45, 2.75) is 39.2 Å². The zero-order valence-electron chi connectivity index (χ0n) is 12.4. The summed E-state index contributed by atoms with van der Waals surface area (Å²) < 4.78 is 4.68. The maximum Gasteiger partial charge on any atom is 0.328 e. The Kier molecular flexibility index (Phi) is 4.69. The number of anilines is 2. The van der Waals surface area contributed by atoms with Gasteiger partial charge < -0.3 is 15.4 Å². The minimum absolute atomic E-state index is 0.169. The fourth-order valence-corrected chi connectivity index (χ4v) is 1.44. The zero-order valence-corrected chi connectivity index (χ0v) is 12.4. The standard InChI is InChI=1S/C13H22N4O2/c1-8(11(18)19-6)15-10-7-9(14-5)16-12(17-10)13(2,3)4/h7-8H,1-6H3,(H2,14,15,16,17). The first kappa shape index (κ1) is 15.2. The molecule has 1 rings (SSSR count). The van der Waals surface area contributed by atoms with E-state index in [1.165, 1.54) is 7.11 Å². The molecular formula is C13H22N4O2. The lowest BCUT2D eigenvalue weighted by molar-refractivity contribution is -0.141. The van der Waals surface area contributed by atoms with Crippen LogP contribution in [0.4, 0.5) is 11.6 Å². The van der Waals surface area contributed by atoms with Crippen LogP contribution in [-0.4, -0.2) is 36.1 Å². The van der Waals surface area contributed by atoms with Gasteiger partial charge in [-0.2, -0.15) is 0 Å². The van der Waals surface area contributed by atoms with Crippen molar-refractivity contribution in [3.8, 4) is 0 Å². The molecule has 0 amide bonds. The van der Waals surface area contributed by atoms with Gasteiger partial charge >= 0.3 is 5.97 Å². The van der Waals surface area contributed by atoms with E-state index in [-0.39, 0.29) is 11.4 Å². The van der Waals surface area contributed by atoms with E-state index in [0.29, 0.717) is 17.5 Å². The number of carbonyl (C=O) groups is 1. The molecule has 1 aromatic heterocycles. The molecule has 19 heavy (non-hydrogen) atoms. The van der Waals surface area contributed by atoms with Gasteiger partial charge in [-0.3, -0.25) is 0 Å². The largest absolute Gasteiger partial charge is 0.467 e. The van der Waals surface area contributed by atoms with Gasteiger partial charge in [-0.1, -0.05) is 20.8 Å². The summed E-state index contributed by atoms with van der Waals surface area (Å²) in [5.74, 6) is 1.68. The van der Waals surface area contributed by atoms with Crippen LogP contribution in [0.5, 0.6) is 0 Å². The molecule has 1 unspecified atom stereocenters. The van der Waals surface area contributed by atoms with Crippen LogP contribution in [0.3, 0.4) is 0 Å². The van der Waals surface area contributed by atoms with Crippen LogP contribution in [0.25, 0.3) is 0 Å². The van der Waals surface area contributed by atoms with Crippen molar-refractivity contribution in [2.24, 2.45) is 0 Å². The molecule has 0 radical (unpaired) electrons. The summed E-state index contributed by atoms with van der Waals surface area (Å²) in [5.41, 5.74) is -0.169. The first-order valence-corrected chi connectivity index (χ1v) is 6.19. The van der Waals surface area contributed by atoms with Gasteiger partial charge in [0.1, 0.15) is 23.5 Å². The van der Waals surface area contributed by atoms with Gasteiger partial charge in [0.15, 0.2) is 0 Å². The normalized spacial score (nSPS) is 12.7. The SMILES string of the molecule is CNc1cc(NC(C)C(=O)OC)nc(C(C)(C)C)n1. The Labute approximate surface area is 114 Å². The molecule has 6 nitrogen and oxygen atoms in total. The number of hydrogen-bond donors (Lipinski definition) is 2. The highest BCUT2D eigenvalue weighted by molar-refractivity contribution is 5.78. The van der Waals surface area contributed by atoms with Gasteiger partial charge in [-0.05, 0) is 6.92 Å². The number of nitrogens with one attached hydrogen (secondary N) is 2. The van der Waals surface area contributed by atoms with Crippen molar-refractivity contribution in [1.29, 1.82) is 0 Å². The van der Waals surface area contributed by atoms with Gasteiger partial charge in [-0.15, -0.1) is 0 Å². The van der Waals surface area contributed by atoms with E-state index in [9.17, 15) is 4.79 Å². The number of ether oxygens (including phenoxy) is 1. The second-order valence-corrected chi connectivity index (χ2v) is 5.35. The quantitative estimate of drug-likeness (QED) is 0.809. The predicted octanol–water partition coefficient (Wildman–Crippen LogP) is 1.79. The van der Waals surface area contributed by atoms with Crippen molar-refractivity contribution < 1.29 is 9.53 Å². The third kappa shape index (κ3) is 4.08. The van der Waals surface area contributed by atoms with Crippen LogP contribution < -0.4 is 10.6 Å². The van der Waals surface area contributed by atoms with Crippen molar-refractivity contribution in [2.75, 3.05) is 24.8 Å². The summed E-state index contributed by atoms with van der Waals surface area (Å²) >= 11 is 0. The summed E-state index contributed by atoms with van der Waals surface area (Å²) in [6, 6.07) is 1.30. The molecule has 0 aliphatic heterocycles. The maximum absolute atomic E-state index is 11.4. The Bertz CT molecular complexity index is 454. The lowest BCUT2D eigenvalue weighted by Crippen LogP contribution is -2.28. The van der Waals surface area contributed by atoms with E-state index >= 15 is 0 Å². The van der Waals surface area contributed by atoms with Crippen LogP contribution in [0.2, 0.25) is 0 Å². The molecule has 1 aromatic rings. The predicted molar refractivity (Wildman–Crippen MR) is 75.4 cm³/mol. The number of rotatable bonds is 4. The van der Waals surface area contributed by atoms with Crippen LogP contribution in [0.15, 0.2) is 6.07 Å². The molecule has 2 N–H and O–H groups in total. The number of esters is 1. The average Bonchev–Trinajstić information content (AvgIpc) is 2.36. The van der Waals surface area contributed by atoms with E-state index in [1.807, 2.05) is 20.8 Å². The molecule has 0 aromatic carbocycles. The van der Waals surface area contributed by atoms with Crippen LogP contribution in [0.1, 0.15) is 33.5 Å². The summed E-state index contributed by atoms with van der Waals surface area (Å²) in [7, 11) is 3.16. The maximum atomic E-state index is 11.4. The van der Waals surface area contributed by atoms with Crippen molar-refractivity contribution in [1.82, 2.24) is 9.97 Å². The molecule has 1 atom stereocenters. The van der Waals surface area contributed by atoms with Gasteiger partial charge in [-0.25, -0.2) is 14.8 Å². The molecule has 0 saturated carbocycles. The molecule has 0 saturated heterocycles. The highest BCUT2D eigenvalue weighted by Gasteiger charge is 2.20. The number of methoxy groups -OCH3 is 1. The van der Waals surface area contributed by atoms with E-state index < -0.39 is 6.04 Å². The Morgan fingerprint density at radius 1 is 1.32 bits per heavy atom. The van der Waals surface area contributed by atoms with E-state index in [1.54, 1.807) is 20.0 Å². The number of aromatic nitrogens is 2. The second kappa shape index (κ2) is 5.86. The molecule has 1 heterocycles. The lowest BCUT2D eigenvalue weighted by Gasteiger charge is -2.20. The molecule has 0 aliphatic rings. The molecule has 6 heteroatoms. The first-order chi connectivity index (χ1) is 8.77. The fourth-order valence-electron chi connectivity index (χ4n) is 1.44. The molecule has 0 bridgehead atoms. The molecular weight excluding hydrogens is 244 g/mol. The molecule has 0 spiro atoms. The van der Waals surface area contributed by atoms with Crippen molar-refractivity contribution in [3.05, 3.63) is 11.9 Å². The molecule has 106 valence electrons. The van der Waals surface area contributed by atoms with E-state index in [0.717, 1.165) is 0 Å². The lowest BCUT2D eigenvalue weighted by atomic mass is 9.96. The summed E-state index contributed by atoms with van der Waals surface area (Å²) in [6.07, 6.45) is 0. The first-order valence-electron chi connectivity index (χ1n) is 6.19. The minimum Gasteiger partial charge on any atom is -0.467 e. The third-order valence-electron chi connectivity index (χ3n) is 2.57. The average molecular weight is 266 g/mol. The molecule has 0 fully saturated rings. The highest BCUT2D eigenvalue weighted by atomic mass is 16.5.